The van der Waals surface area contributed by atoms with Crippen molar-refractivity contribution in [3.63, 3.8) is 0 Å². The van der Waals surface area contributed by atoms with Crippen molar-refractivity contribution in [1.82, 2.24) is 0 Å². The maximum atomic E-state index is 12.4. The number of hydrogen-bond donors (Lipinski definition) is 2. The molecule has 8 unspecified atom stereocenters. The number of carboxylic acid groups (broad SMARTS) is 2. The number of fused-ring (bicyclic) bond motifs is 4. The maximum Gasteiger partial charge on any atom is 0.310 e. The van der Waals surface area contributed by atoms with Crippen LogP contribution in [0.25, 0.3) is 0 Å². The maximum absolute atomic E-state index is 12.4. The number of carbonyl (C=O) groups excluding carboxylic acids is 2. The van der Waals surface area contributed by atoms with Crippen LogP contribution >= 0.6 is 0 Å². The highest BCUT2D eigenvalue weighted by Crippen LogP contribution is 2.49. The number of rotatable bonds is 9. The third kappa shape index (κ3) is 4.03. The lowest BCUT2D eigenvalue weighted by atomic mass is 9.83. The average molecular weight is 430 g/mol. The highest BCUT2D eigenvalue weighted by atomic mass is 16.5. The van der Waals surface area contributed by atoms with Crippen LogP contribution in [0.1, 0.15) is 19.3 Å². The minimum Gasteiger partial charge on any atom is -0.481 e. The normalized spacial score (nSPS) is 36.9. The fourth-order valence-corrected chi connectivity index (χ4v) is 5.70. The van der Waals surface area contributed by atoms with Crippen LogP contribution in [0.4, 0.5) is 0 Å². The molecule has 4 bridgehead atoms. The van der Waals surface area contributed by atoms with Gasteiger partial charge in [0.05, 0.1) is 30.3 Å². The van der Waals surface area contributed by atoms with Crippen LogP contribution in [-0.4, -0.2) is 47.3 Å². The SMILES string of the molecule is O=C(O)C1C2C=CC(C2)C1C(=O)OC/C=C/CCOC(=O)C1C2C=CC(C2)C1C(=O)O. The minimum atomic E-state index is -0.965. The third-order valence-corrected chi connectivity index (χ3v) is 7.05. The Morgan fingerprint density at radius 2 is 1.16 bits per heavy atom. The fraction of sp³-hybridized carbons (Fsp3) is 0.565. The van der Waals surface area contributed by atoms with Crippen molar-refractivity contribution in [3.8, 4) is 0 Å². The van der Waals surface area contributed by atoms with Gasteiger partial charge in [-0.2, -0.15) is 0 Å². The second-order valence-corrected chi connectivity index (χ2v) is 8.73. The molecule has 0 aliphatic heterocycles. The number of hydrogen-bond acceptors (Lipinski definition) is 6. The molecule has 2 fully saturated rings. The monoisotopic (exact) mass is 430 g/mol. The summed E-state index contributed by atoms with van der Waals surface area (Å²) >= 11 is 0. The van der Waals surface area contributed by atoms with Crippen LogP contribution in [0.5, 0.6) is 0 Å². The third-order valence-electron chi connectivity index (χ3n) is 7.05. The van der Waals surface area contributed by atoms with Gasteiger partial charge in [-0.05, 0) is 42.9 Å². The molecular formula is C23H26O8. The molecule has 2 saturated carbocycles. The van der Waals surface area contributed by atoms with E-state index in [1.807, 2.05) is 24.3 Å². The smallest absolute Gasteiger partial charge is 0.310 e. The Balaban J connectivity index is 1.17. The second kappa shape index (κ2) is 8.69. The zero-order valence-corrected chi connectivity index (χ0v) is 17.0. The summed E-state index contributed by atoms with van der Waals surface area (Å²) in [5.41, 5.74) is 0. The number of esters is 2. The quantitative estimate of drug-likeness (QED) is 0.323. The van der Waals surface area contributed by atoms with Gasteiger partial charge in [-0.15, -0.1) is 0 Å². The predicted octanol–water partition coefficient (Wildman–Crippen LogP) is 2.06. The Kier molecular flexibility index (Phi) is 5.98. The van der Waals surface area contributed by atoms with Gasteiger partial charge in [-0.3, -0.25) is 19.2 Å². The molecule has 4 aliphatic carbocycles. The van der Waals surface area contributed by atoms with Gasteiger partial charge in [0, 0.05) is 0 Å². The summed E-state index contributed by atoms with van der Waals surface area (Å²) in [6.07, 6.45) is 12.7. The molecule has 0 amide bonds. The summed E-state index contributed by atoms with van der Waals surface area (Å²) in [4.78, 5) is 47.6. The van der Waals surface area contributed by atoms with Crippen molar-refractivity contribution in [2.24, 2.45) is 47.3 Å². The molecule has 4 aliphatic rings. The Morgan fingerprint density at radius 3 is 1.65 bits per heavy atom. The zero-order valence-electron chi connectivity index (χ0n) is 17.0. The summed E-state index contributed by atoms with van der Waals surface area (Å²) in [7, 11) is 0. The summed E-state index contributed by atoms with van der Waals surface area (Å²) in [5, 5.41) is 18.8. The van der Waals surface area contributed by atoms with Gasteiger partial charge in [0.25, 0.3) is 0 Å². The summed E-state index contributed by atoms with van der Waals surface area (Å²) < 4.78 is 10.5. The number of allylic oxidation sites excluding steroid dienone is 4. The van der Waals surface area contributed by atoms with Gasteiger partial charge >= 0.3 is 23.9 Å². The van der Waals surface area contributed by atoms with Crippen LogP contribution in [-0.2, 0) is 28.7 Å². The molecule has 8 heteroatoms. The van der Waals surface area contributed by atoms with Crippen molar-refractivity contribution in [3.05, 3.63) is 36.5 Å². The van der Waals surface area contributed by atoms with Crippen LogP contribution in [0.15, 0.2) is 36.5 Å². The zero-order chi connectivity index (χ0) is 22.1. The molecule has 166 valence electrons. The van der Waals surface area contributed by atoms with Crippen molar-refractivity contribution in [2.45, 2.75) is 19.3 Å². The van der Waals surface area contributed by atoms with Gasteiger partial charge in [-0.1, -0.05) is 36.5 Å². The second-order valence-electron chi connectivity index (χ2n) is 8.73. The van der Waals surface area contributed by atoms with Crippen LogP contribution in [0, 0.1) is 47.3 Å². The van der Waals surface area contributed by atoms with E-state index in [2.05, 4.69) is 0 Å². The molecule has 4 rings (SSSR count). The molecule has 0 saturated heterocycles. The predicted molar refractivity (Wildman–Crippen MR) is 106 cm³/mol. The van der Waals surface area contributed by atoms with Gasteiger partial charge in [0.15, 0.2) is 0 Å². The van der Waals surface area contributed by atoms with Crippen LogP contribution in [0.3, 0.4) is 0 Å². The van der Waals surface area contributed by atoms with Gasteiger partial charge in [0.1, 0.15) is 6.61 Å². The van der Waals surface area contributed by atoms with E-state index in [1.54, 1.807) is 12.2 Å². The van der Waals surface area contributed by atoms with Gasteiger partial charge in [-0.25, -0.2) is 0 Å². The van der Waals surface area contributed by atoms with Crippen molar-refractivity contribution >= 4 is 23.9 Å². The summed E-state index contributed by atoms with van der Waals surface area (Å²) in [6.45, 7) is 0.139. The van der Waals surface area contributed by atoms with E-state index < -0.39 is 47.5 Å². The molecule has 0 radical (unpaired) electrons. The summed E-state index contributed by atoms with van der Waals surface area (Å²) in [5.74, 6) is -5.94. The van der Waals surface area contributed by atoms with E-state index in [4.69, 9.17) is 9.47 Å². The molecule has 31 heavy (non-hydrogen) atoms. The molecule has 2 N–H and O–H groups in total. The lowest BCUT2D eigenvalue weighted by Crippen LogP contribution is -2.34. The van der Waals surface area contributed by atoms with E-state index in [0.717, 1.165) is 0 Å². The Morgan fingerprint density at radius 1 is 0.710 bits per heavy atom. The Bertz CT molecular complexity index is 856. The fourth-order valence-electron chi connectivity index (χ4n) is 5.70. The van der Waals surface area contributed by atoms with E-state index in [9.17, 15) is 29.4 Å². The molecule has 0 aromatic heterocycles. The van der Waals surface area contributed by atoms with Crippen LogP contribution < -0.4 is 0 Å². The van der Waals surface area contributed by atoms with Crippen molar-refractivity contribution in [1.29, 1.82) is 0 Å². The highest BCUT2D eigenvalue weighted by molar-refractivity contribution is 5.84. The average Bonchev–Trinajstić information content (AvgIpc) is 3.51. The Hall–Kier alpha value is -2.90. The first-order chi connectivity index (χ1) is 14.9. The van der Waals surface area contributed by atoms with Crippen molar-refractivity contribution in [2.75, 3.05) is 13.2 Å². The lowest BCUT2D eigenvalue weighted by Gasteiger charge is -2.23. The van der Waals surface area contributed by atoms with Crippen LogP contribution in [0.2, 0.25) is 0 Å². The highest BCUT2D eigenvalue weighted by Gasteiger charge is 2.53. The van der Waals surface area contributed by atoms with Gasteiger partial charge < -0.3 is 19.7 Å². The lowest BCUT2D eigenvalue weighted by molar-refractivity contribution is -0.158. The molecule has 0 aromatic rings. The molecule has 0 heterocycles. The molecular weight excluding hydrogens is 404 g/mol. The summed E-state index contributed by atoms with van der Waals surface area (Å²) in [6, 6.07) is 0. The molecule has 0 spiro atoms. The Labute approximate surface area is 179 Å². The molecule has 8 atom stereocenters. The topological polar surface area (TPSA) is 127 Å². The minimum absolute atomic E-state index is 0.0228. The van der Waals surface area contributed by atoms with E-state index >= 15 is 0 Å². The number of ether oxygens (including phenoxy) is 2. The largest absolute Gasteiger partial charge is 0.481 e. The van der Waals surface area contributed by atoms with E-state index in [0.29, 0.717) is 19.3 Å². The number of aliphatic carboxylic acids is 2. The molecule has 8 nitrogen and oxygen atoms in total. The molecule has 0 aromatic carbocycles. The van der Waals surface area contributed by atoms with E-state index in [-0.39, 0.29) is 36.9 Å². The first kappa shape index (κ1) is 21.3. The number of carboxylic acids is 2. The standard InChI is InChI=1S/C23H26O8/c24-20(25)16-12-4-6-14(10-12)18(16)22(28)30-8-2-1-3-9-31-23(29)19-15-7-5-13(11-15)17(19)21(26)27/h1-2,4-7,12-19H,3,8-11H2,(H,24,25)(H,26,27)/b2-1+. The number of carbonyl (C=O) groups is 4. The first-order valence-electron chi connectivity index (χ1n) is 10.7. The van der Waals surface area contributed by atoms with E-state index in [1.165, 1.54) is 0 Å². The van der Waals surface area contributed by atoms with Crippen molar-refractivity contribution < 1.29 is 38.9 Å². The van der Waals surface area contributed by atoms with Gasteiger partial charge in [0.2, 0.25) is 0 Å². The first-order valence-corrected chi connectivity index (χ1v) is 10.7.